The molecule has 1 amide bonds. The van der Waals surface area contributed by atoms with Gasteiger partial charge in [-0.1, -0.05) is 0 Å². The average Bonchev–Trinajstić information content (AvgIpc) is 3.04. The molecule has 2 rings (SSSR count). The molecule has 0 spiro atoms. The summed E-state index contributed by atoms with van der Waals surface area (Å²) in [5, 5.41) is 1.65. The van der Waals surface area contributed by atoms with Crippen LogP contribution in [0, 0.1) is 0 Å². The van der Waals surface area contributed by atoms with Crippen molar-refractivity contribution in [2.45, 2.75) is 30.3 Å². The van der Waals surface area contributed by atoms with E-state index in [1.54, 1.807) is 5.32 Å². The number of amides is 1. The van der Waals surface area contributed by atoms with E-state index >= 15 is 0 Å². The molecule has 166 valence electrons. The summed E-state index contributed by atoms with van der Waals surface area (Å²) >= 11 is 0. The number of rotatable bonds is 7. The SMILES string of the molecule is CN(Cc1nccn1CC(F)(F)F)S(=O)(=O)c1ccc(C(=O)NCC(F)(F)F)cc1. The molecule has 0 fully saturated rings. The van der Waals surface area contributed by atoms with E-state index in [4.69, 9.17) is 0 Å². The Bertz CT molecular complexity index is 984. The number of carbonyl (C=O) groups is 1. The number of benzene rings is 1. The quantitative estimate of drug-likeness (QED) is 0.647. The number of hydrogen-bond acceptors (Lipinski definition) is 4. The Morgan fingerprint density at radius 3 is 2.23 bits per heavy atom. The molecule has 1 N–H and O–H groups in total. The van der Waals surface area contributed by atoms with Gasteiger partial charge >= 0.3 is 12.4 Å². The first kappa shape index (κ1) is 23.7. The predicted octanol–water partition coefficient (Wildman–Crippen LogP) is 2.56. The summed E-state index contributed by atoms with van der Waals surface area (Å²) in [4.78, 5) is 15.1. The first-order chi connectivity index (χ1) is 13.7. The number of carbonyl (C=O) groups excluding carboxylic acids is 1. The normalized spacial score (nSPS) is 12.9. The molecule has 1 heterocycles. The summed E-state index contributed by atoms with van der Waals surface area (Å²) in [5.41, 5.74) is -0.193. The minimum absolute atomic E-state index is 0.137. The molecule has 0 radical (unpaired) electrons. The molecular formula is C16H16F6N4O3S. The summed E-state index contributed by atoms with van der Waals surface area (Å²) in [6, 6.07) is 4.07. The van der Waals surface area contributed by atoms with E-state index in [9.17, 15) is 39.6 Å². The van der Waals surface area contributed by atoms with Gasteiger partial charge in [0, 0.05) is 25.0 Å². The molecule has 2 aromatic rings. The molecule has 7 nitrogen and oxygen atoms in total. The zero-order valence-electron chi connectivity index (χ0n) is 15.3. The molecule has 0 bridgehead atoms. The van der Waals surface area contributed by atoms with Gasteiger partial charge in [0.25, 0.3) is 5.91 Å². The van der Waals surface area contributed by atoms with Crippen LogP contribution in [0.5, 0.6) is 0 Å². The molecule has 0 aliphatic carbocycles. The third kappa shape index (κ3) is 6.45. The largest absolute Gasteiger partial charge is 0.406 e. The number of hydrogen-bond donors (Lipinski definition) is 1. The number of alkyl halides is 6. The van der Waals surface area contributed by atoms with Gasteiger partial charge in [-0.15, -0.1) is 0 Å². The van der Waals surface area contributed by atoms with Gasteiger partial charge in [-0.25, -0.2) is 13.4 Å². The van der Waals surface area contributed by atoms with Crippen LogP contribution in [0.15, 0.2) is 41.6 Å². The van der Waals surface area contributed by atoms with Crippen molar-refractivity contribution in [3.63, 3.8) is 0 Å². The van der Waals surface area contributed by atoms with E-state index in [0.29, 0.717) is 0 Å². The van der Waals surface area contributed by atoms with Crippen molar-refractivity contribution in [1.29, 1.82) is 0 Å². The maximum Gasteiger partial charge on any atom is 0.406 e. The number of sulfonamides is 1. The standard InChI is InChI=1S/C16H16F6N4O3S/c1-25(8-13-23-6-7-26(13)10-16(20,21)22)30(28,29)12-4-2-11(3-5-12)14(27)24-9-15(17,18)19/h2-7H,8-10H2,1H3,(H,24,27). The fourth-order valence-electron chi connectivity index (χ4n) is 2.35. The van der Waals surface area contributed by atoms with Crippen molar-refractivity contribution in [3.05, 3.63) is 48.0 Å². The van der Waals surface area contributed by atoms with Gasteiger partial charge in [-0.2, -0.15) is 30.6 Å². The highest BCUT2D eigenvalue weighted by molar-refractivity contribution is 7.89. The van der Waals surface area contributed by atoms with E-state index < -0.39 is 47.9 Å². The Morgan fingerprint density at radius 2 is 1.70 bits per heavy atom. The Labute approximate surface area is 167 Å². The lowest BCUT2D eigenvalue weighted by Gasteiger charge is -2.18. The highest BCUT2D eigenvalue weighted by Gasteiger charge is 2.30. The minimum Gasteiger partial charge on any atom is -0.343 e. The highest BCUT2D eigenvalue weighted by atomic mass is 32.2. The predicted molar refractivity (Wildman–Crippen MR) is 91.8 cm³/mol. The van der Waals surface area contributed by atoms with Crippen molar-refractivity contribution >= 4 is 15.9 Å². The molecule has 0 saturated carbocycles. The molecule has 14 heteroatoms. The van der Waals surface area contributed by atoms with Gasteiger partial charge in [0.1, 0.15) is 18.9 Å². The molecule has 1 aromatic heterocycles. The van der Waals surface area contributed by atoms with Gasteiger partial charge in [0.2, 0.25) is 10.0 Å². The fourth-order valence-corrected chi connectivity index (χ4v) is 3.48. The van der Waals surface area contributed by atoms with Crippen molar-refractivity contribution in [1.82, 2.24) is 19.2 Å². The van der Waals surface area contributed by atoms with Gasteiger partial charge in [-0.3, -0.25) is 4.79 Å². The molecule has 0 saturated heterocycles. The number of nitrogens with zero attached hydrogens (tertiary/aromatic N) is 3. The zero-order valence-corrected chi connectivity index (χ0v) is 16.1. The molecular weight excluding hydrogens is 442 g/mol. The van der Waals surface area contributed by atoms with Crippen LogP contribution < -0.4 is 5.32 Å². The van der Waals surface area contributed by atoms with E-state index in [2.05, 4.69) is 4.98 Å². The highest BCUT2D eigenvalue weighted by Crippen LogP contribution is 2.21. The van der Waals surface area contributed by atoms with Crippen molar-refractivity contribution in [3.8, 4) is 0 Å². The van der Waals surface area contributed by atoms with Gasteiger partial charge in [0.05, 0.1) is 11.4 Å². The molecule has 0 unspecified atom stereocenters. The Morgan fingerprint density at radius 1 is 1.10 bits per heavy atom. The lowest BCUT2D eigenvalue weighted by atomic mass is 10.2. The second kappa shape index (κ2) is 8.63. The van der Waals surface area contributed by atoms with E-state index in [1.807, 2.05) is 0 Å². The zero-order chi connectivity index (χ0) is 22.7. The molecule has 0 aliphatic rings. The number of aromatic nitrogens is 2. The second-order valence-electron chi connectivity index (χ2n) is 6.17. The summed E-state index contributed by atoms with van der Waals surface area (Å²) in [6.45, 7) is -3.34. The minimum atomic E-state index is -4.60. The second-order valence-corrected chi connectivity index (χ2v) is 8.21. The number of halogens is 6. The van der Waals surface area contributed by atoms with E-state index in [1.165, 1.54) is 0 Å². The summed E-state index contributed by atoms with van der Waals surface area (Å²) < 4.78 is 101. The fraction of sp³-hybridized carbons (Fsp3) is 0.375. The number of nitrogens with one attached hydrogen (secondary N) is 1. The molecule has 0 atom stereocenters. The van der Waals surface area contributed by atoms with Crippen LogP contribution in [0.1, 0.15) is 16.2 Å². The van der Waals surface area contributed by atoms with Crippen molar-refractivity contribution in [2.24, 2.45) is 0 Å². The smallest absolute Gasteiger partial charge is 0.343 e. The average molecular weight is 458 g/mol. The molecule has 30 heavy (non-hydrogen) atoms. The van der Waals surface area contributed by atoms with Crippen LogP contribution in [-0.4, -0.2) is 54.1 Å². The Hall–Kier alpha value is -2.61. The third-order valence-corrected chi connectivity index (χ3v) is 5.61. The van der Waals surface area contributed by atoms with E-state index in [-0.39, 0.29) is 16.3 Å². The first-order valence-corrected chi connectivity index (χ1v) is 9.61. The van der Waals surface area contributed by atoms with Crippen LogP contribution in [0.25, 0.3) is 0 Å². The lowest BCUT2D eigenvalue weighted by Crippen LogP contribution is -2.33. The van der Waals surface area contributed by atoms with Crippen molar-refractivity contribution in [2.75, 3.05) is 13.6 Å². The van der Waals surface area contributed by atoms with Crippen LogP contribution >= 0.6 is 0 Å². The van der Waals surface area contributed by atoms with Crippen molar-refractivity contribution < 1.29 is 39.6 Å². The first-order valence-electron chi connectivity index (χ1n) is 8.17. The Kier molecular flexibility index (Phi) is 6.81. The third-order valence-electron chi connectivity index (χ3n) is 3.79. The van der Waals surface area contributed by atoms with Crippen LogP contribution in [0.3, 0.4) is 0 Å². The van der Waals surface area contributed by atoms with Gasteiger partial charge in [-0.05, 0) is 24.3 Å². The summed E-state index contributed by atoms with van der Waals surface area (Å²) in [7, 11) is -3.04. The van der Waals surface area contributed by atoms with Crippen LogP contribution in [-0.2, 0) is 23.1 Å². The Balaban J connectivity index is 2.12. The van der Waals surface area contributed by atoms with Gasteiger partial charge in [0.15, 0.2) is 0 Å². The maximum atomic E-state index is 12.6. The summed E-state index contributed by atoms with van der Waals surface area (Å²) in [5.74, 6) is -1.18. The summed E-state index contributed by atoms with van der Waals surface area (Å²) in [6.07, 6.45) is -6.94. The van der Waals surface area contributed by atoms with Gasteiger partial charge < -0.3 is 9.88 Å². The molecule has 0 aliphatic heterocycles. The number of imidazole rings is 1. The monoisotopic (exact) mass is 458 g/mol. The van der Waals surface area contributed by atoms with E-state index in [0.717, 1.165) is 52.6 Å². The van der Waals surface area contributed by atoms with Crippen LogP contribution in [0.2, 0.25) is 0 Å². The molecule has 1 aromatic carbocycles. The maximum absolute atomic E-state index is 12.6. The topological polar surface area (TPSA) is 84.3 Å². The van der Waals surface area contributed by atoms with Crippen LogP contribution in [0.4, 0.5) is 26.3 Å². The lowest BCUT2D eigenvalue weighted by molar-refractivity contribution is -0.141.